The number of hydrogen-bond acceptors (Lipinski definition) is 6. The fraction of sp³-hybridized carbons (Fsp3) is 0.600. The van der Waals surface area contributed by atoms with E-state index in [4.69, 9.17) is 4.74 Å². The summed E-state index contributed by atoms with van der Waals surface area (Å²) in [6.07, 6.45) is 2.26. The lowest BCUT2D eigenvalue weighted by Gasteiger charge is -2.38. The zero-order chi connectivity index (χ0) is 21.0. The lowest BCUT2D eigenvalue weighted by Crippen LogP contribution is -2.52. The number of nitrogens with one attached hydrogen (secondary N) is 1. The lowest BCUT2D eigenvalue weighted by molar-refractivity contribution is -0.384. The molecule has 0 aromatic heterocycles. The van der Waals surface area contributed by atoms with E-state index in [0.29, 0.717) is 6.54 Å². The summed E-state index contributed by atoms with van der Waals surface area (Å²) in [5.74, 6) is -0.616. The van der Waals surface area contributed by atoms with Crippen molar-refractivity contribution in [1.29, 1.82) is 0 Å². The highest BCUT2D eigenvalue weighted by Crippen LogP contribution is 2.21. The molecule has 2 aliphatic heterocycles. The topological polar surface area (TPSA) is 105 Å². The number of benzene rings is 1. The Hall–Kier alpha value is -2.52. The van der Waals surface area contributed by atoms with Gasteiger partial charge in [0.15, 0.2) is 0 Å². The highest BCUT2D eigenvalue weighted by Gasteiger charge is 2.32. The minimum Gasteiger partial charge on any atom is -0.373 e. The third-order valence-corrected chi connectivity index (χ3v) is 5.38. The monoisotopic (exact) mass is 404 g/mol. The summed E-state index contributed by atoms with van der Waals surface area (Å²) < 4.78 is 5.77. The van der Waals surface area contributed by atoms with Crippen LogP contribution >= 0.6 is 0 Å². The average Bonchev–Trinajstić information content (AvgIpc) is 3.13. The molecule has 2 fully saturated rings. The number of non-ortho nitro benzene ring substituents is 1. The molecule has 1 N–H and O–H groups in total. The van der Waals surface area contributed by atoms with Crippen molar-refractivity contribution in [3.63, 3.8) is 0 Å². The van der Waals surface area contributed by atoms with Crippen molar-refractivity contribution in [3.05, 3.63) is 39.9 Å². The predicted octanol–water partition coefficient (Wildman–Crippen LogP) is 1.42. The molecular weight excluding hydrogens is 376 g/mol. The van der Waals surface area contributed by atoms with Crippen LogP contribution in [0, 0.1) is 10.1 Å². The molecule has 0 saturated carbocycles. The van der Waals surface area contributed by atoms with Crippen molar-refractivity contribution in [2.75, 3.05) is 32.7 Å². The van der Waals surface area contributed by atoms with Gasteiger partial charge in [0.1, 0.15) is 0 Å². The third-order valence-electron chi connectivity index (χ3n) is 5.38. The smallest absolute Gasteiger partial charge is 0.270 e. The SMILES string of the molecule is CC1CN(CC2CCCN2C(=O)CNC(=O)c2cccc([N+](=O)[O-])c2)CC(C)O1. The zero-order valence-electron chi connectivity index (χ0n) is 16.9. The van der Waals surface area contributed by atoms with Crippen LogP contribution in [0.4, 0.5) is 5.69 Å². The average molecular weight is 404 g/mol. The minimum atomic E-state index is -0.551. The van der Waals surface area contributed by atoms with Gasteiger partial charge in [-0.25, -0.2) is 0 Å². The molecule has 9 heteroatoms. The second-order valence-electron chi connectivity index (χ2n) is 7.85. The van der Waals surface area contributed by atoms with Crippen molar-refractivity contribution in [3.8, 4) is 0 Å². The number of nitro groups is 1. The Morgan fingerprint density at radius 2 is 2.00 bits per heavy atom. The van der Waals surface area contributed by atoms with Crippen LogP contribution < -0.4 is 5.32 Å². The molecule has 3 atom stereocenters. The van der Waals surface area contributed by atoms with E-state index < -0.39 is 10.8 Å². The molecule has 2 aliphatic rings. The van der Waals surface area contributed by atoms with E-state index >= 15 is 0 Å². The summed E-state index contributed by atoms with van der Waals surface area (Å²) in [4.78, 5) is 39.5. The van der Waals surface area contributed by atoms with Crippen LogP contribution in [0.5, 0.6) is 0 Å². The number of morpholine rings is 1. The molecule has 0 spiro atoms. The fourth-order valence-corrected chi connectivity index (χ4v) is 4.21. The molecule has 3 rings (SSSR count). The maximum Gasteiger partial charge on any atom is 0.270 e. The van der Waals surface area contributed by atoms with E-state index in [-0.39, 0.29) is 42.0 Å². The van der Waals surface area contributed by atoms with Crippen LogP contribution in [-0.4, -0.2) is 77.5 Å². The van der Waals surface area contributed by atoms with Gasteiger partial charge in [0.05, 0.1) is 23.7 Å². The number of nitrogens with zero attached hydrogens (tertiary/aromatic N) is 3. The first-order valence-corrected chi connectivity index (χ1v) is 10.0. The molecule has 29 heavy (non-hydrogen) atoms. The number of rotatable bonds is 6. The molecule has 0 bridgehead atoms. The molecule has 9 nitrogen and oxygen atoms in total. The normalized spacial score (nSPS) is 25.0. The summed E-state index contributed by atoms with van der Waals surface area (Å²) >= 11 is 0. The Balaban J connectivity index is 1.53. The van der Waals surface area contributed by atoms with Gasteiger partial charge < -0.3 is 15.0 Å². The maximum absolute atomic E-state index is 12.7. The Labute approximate surface area is 170 Å². The number of nitro benzene ring substituents is 1. The molecule has 2 saturated heterocycles. The Bertz CT molecular complexity index is 761. The minimum absolute atomic E-state index is 0.117. The van der Waals surface area contributed by atoms with Gasteiger partial charge in [0.2, 0.25) is 5.91 Å². The third kappa shape index (κ3) is 5.51. The van der Waals surface area contributed by atoms with Gasteiger partial charge in [0.25, 0.3) is 11.6 Å². The van der Waals surface area contributed by atoms with Crippen LogP contribution in [0.1, 0.15) is 37.0 Å². The summed E-state index contributed by atoms with van der Waals surface area (Å²) in [7, 11) is 0. The van der Waals surface area contributed by atoms with Gasteiger partial charge in [-0.05, 0) is 32.8 Å². The molecule has 3 unspecified atom stereocenters. The summed E-state index contributed by atoms with van der Waals surface area (Å²) in [5.41, 5.74) is 0.0128. The van der Waals surface area contributed by atoms with Crippen LogP contribution in [-0.2, 0) is 9.53 Å². The van der Waals surface area contributed by atoms with Gasteiger partial charge in [-0.3, -0.25) is 24.6 Å². The van der Waals surface area contributed by atoms with Crippen molar-refractivity contribution >= 4 is 17.5 Å². The maximum atomic E-state index is 12.7. The quantitative estimate of drug-likeness (QED) is 0.568. The van der Waals surface area contributed by atoms with E-state index in [1.54, 1.807) is 0 Å². The van der Waals surface area contributed by atoms with Crippen LogP contribution in [0.3, 0.4) is 0 Å². The Morgan fingerprint density at radius 3 is 2.69 bits per heavy atom. The van der Waals surface area contributed by atoms with E-state index in [0.717, 1.165) is 32.5 Å². The molecule has 158 valence electrons. The van der Waals surface area contributed by atoms with E-state index in [1.807, 2.05) is 4.90 Å². The molecule has 2 heterocycles. The van der Waals surface area contributed by atoms with Crippen molar-refractivity contribution in [2.45, 2.75) is 44.9 Å². The number of hydrogen-bond donors (Lipinski definition) is 1. The lowest BCUT2D eigenvalue weighted by atomic mass is 10.1. The largest absolute Gasteiger partial charge is 0.373 e. The first kappa shape index (κ1) is 21.2. The highest BCUT2D eigenvalue weighted by atomic mass is 16.6. The van der Waals surface area contributed by atoms with Crippen LogP contribution in [0.25, 0.3) is 0 Å². The molecule has 1 aromatic rings. The zero-order valence-corrected chi connectivity index (χ0v) is 16.9. The standard InChI is InChI=1S/C20H28N4O5/c1-14-11-22(12-15(2)29-14)13-18-7-4-8-23(18)19(25)10-21-20(26)16-5-3-6-17(9-16)24(27)28/h3,5-6,9,14-15,18H,4,7-8,10-13H2,1-2H3,(H,21,26). The van der Waals surface area contributed by atoms with Crippen molar-refractivity contribution < 1.29 is 19.2 Å². The van der Waals surface area contributed by atoms with Gasteiger partial charge >= 0.3 is 0 Å². The summed E-state index contributed by atoms with van der Waals surface area (Å²) in [5, 5.41) is 13.5. The Morgan fingerprint density at radius 1 is 1.28 bits per heavy atom. The number of ether oxygens (including phenoxy) is 1. The molecule has 2 amide bonds. The van der Waals surface area contributed by atoms with Crippen molar-refractivity contribution in [2.24, 2.45) is 0 Å². The van der Waals surface area contributed by atoms with Crippen LogP contribution in [0.15, 0.2) is 24.3 Å². The summed E-state index contributed by atoms with van der Waals surface area (Å²) in [6.45, 7) is 7.20. The molecular formula is C20H28N4O5. The first-order valence-electron chi connectivity index (χ1n) is 10.0. The summed E-state index contributed by atoms with van der Waals surface area (Å²) in [6, 6.07) is 5.61. The van der Waals surface area contributed by atoms with Gasteiger partial charge in [0, 0.05) is 49.9 Å². The van der Waals surface area contributed by atoms with E-state index in [9.17, 15) is 19.7 Å². The number of carbonyl (C=O) groups is 2. The Kier molecular flexibility index (Phi) is 6.81. The van der Waals surface area contributed by atoms with E-state index in [1.165, 1.54) is 24.3 Å². The van der Waals surface area contributed by atoms with Gasteiger partial charge in [-0.2, -0.15) is 0 Å². The second kappa shape index (κ2) is 9.32. The molecule has 1 aromatic carbocycles. The van der Waals surface area contributed by atoms with E-state index in [2.05, 4.69) is 24.1 Å². The molecule has 0 radical (unpaired) electrons. The van der Waals surface area contributed by atoms with Gasteiger partial charge in [-0.15, -0.1) is 0 Å². The number of carbonyl (C=O) groups excluding carboxylic acids is 2. The van der Waals surface area contributed by atoms with Crippen molar-refractivity contribution in [1.82, 2.24) is 15.1 Å². The molecule has 0 aliphatic carbocycles. The number of likely N-dealkylation sites (tertiary alicyclic amines) is 1. The highest BCUT2D eigenvalue weighted by molar-refractivity contribution is 5.97. The van der Waals surface area contributed by atoms with Crippen LogP contribution in [0.2, 0.25) is 0 Å². The second-order valence-corrected chi connectivity index (χ2v) is 7.85. The fourth-order valence-electron chi connectivity index (χ4n) is 4.21. The number of amides is 2. The first-order chi connectivity index (χ1) is 13.8. The predicted molar refractivity (Wildman–Crippen MR) is 107 cm³/mol. The van der Waals surface area contributed by atoms with Gasteiger partial charge in [-0.1, -0.05) is 6.07 Å².